The average molecular weight is 405 g/mol. The molecule has 0 aromatic heterocycles. The summed E-state index contributed by atoms with van der Waals surface area (Å²) in [5, 5.41) is 2.62. The summed E-state index contributed by atoms with van der Waals surface area (Å²) in [6.07, 6.45) is 0. The van der Waals surface area contributed by atoms with Gasteiger partial charge in [0.25, 0.3) is 5.91 Å². The molecule has 156 valence electrons. The molecule has 9 heteroatoms. The van der Waals surface area contributed by atoms with Crippen molar-refractivity contribution in [1.82, 2.24) is 0 Å². The lowest BCUT2D eigenvalue weighted by Gasteiger charge is -2.14. The maximum Gasteiger partial charge on any atom is 0.338 e. The zero-order valence-corrected chi connectivity index (χ0v) is 16.9. The number of esters is 1. The molecule has 1 amide bonds. The van der Waals surface area contributed by atoms with Crippen molar-refractivity contribution in [1.29, 1.82) is 0 Å². The van der Waals surface area contributed by atoms with Crippen LogP contribution in [0.2, 0.25) is 0 Å². The molecule has 0 aliphatic carbocycles. The third kappa shape index (κ3) is 5.22. The van der Waals surface area contributed by atoms with Crippen molar-refractivity contribution in [2.45, 2.75) is 0 Å². The summed E-state index contributed by atoms with van der Waals surface area (Å²) in [5.41, 5.74) is 0.566. The Morgan fingerprint density at radius 1 is 0.793 bits per heavy atom. The Morgan fingerprint density at radius 3 is 1.93 bits per heavy atom. The first kappa shape index (κ1) is 21.7. The van der Waals surface area contributed by atoms with Crippen LogP contribution < -0.4 is 29.0 Å². The third-order valence-corrected chi connectivity index (χ3v) is 3.92. The van der Waals surface area contributed by atoms with Gasteiger partial charge in [-0.3, -0.25) is 4.79 Å². The van der Waals surface area contributed by atoms with Gasteiger partial charge in [0.2, 0.25) is 5.75 Å². The molecule has 0 spiro atoms. The molecular formula is C20H23NO8. The van der Waals surface area contributed by atoms with E-state index in [1.807, 2.05) is 0 Å². The fourth-order valence-electron chi connectivity index (χ4n) is 2.50. The topological polar surface area (TPSA) is 102 Å². The highest BCUT2D eigenvalue weighted by molar-refractivity contribution is 5.97. The Bertz CT molecular complexity index is 856. The monoisotopic (exact) mass is 405 g/mol. The van der Waals surface area contributed by atoms with Crippen LogP contribution in [0.3, 0.4) is 0 Å². The standard InChI is InChI=1S/C20H23NO8/c1-24-13-6-7-14(15(10-13)25-2)21-18(22)11-29-20(23)12-8-16(26-3)19(28-5)17(9-12)27-4/h6-10H,11H2,1-5H3,(H,21,22). The van der Waals surface area contributed by atoms with Gasteiger partial charge in [-0.1, -0.05) is 0 Å². The van der Waals surface area contributed by atoms with Gasteiger partial charge in [0.1, 0.15) is 11.5 Å². The van der Waals surface area contributed by atoms with Crippen LogP contribution >= 0.6 is 0 Å². The molecule has 0 fully saturated rings. The first-order valence-electron chi connectivity index (χ1n) is 8.46. The quantitative estimate of drug-likeness (QED) is 0.635. The van der Waals surface area contributed by atoms with Crippen LogP contribution in [0.4, 0.5) is 5.69 Å². The first-order valence-corrected chi connectivity index (χ1v) is 8.46. The number of anilines is 1. The van der Waals surface area contributed by atoms with E-state index in [1.165, 1.54) is 47.7 Å². The van der Waals surface area contributed by atoms with Crippen LogP contribution in [0.15, 0.2) is 30.3 Å². The summed E-state index contributed by atoms with van der Waals surface area (Å²) in [6.45, 7) is -0.495. The molecule has 1 N–H and O–H groups in total. The predicted molar refractivity (Wildman–Crippen MR) is 105 cm³/mol. The molecule has 2 rings (SSSR count). The Kier molecular flexibility index (Phi) is 7.53. The number of methoxy groups -OCH3 is 5. The zero-order chi connectivity index (χ0) is 21.4. The van der Waals surface area contributed by atoms with Gasteiger partial charge in [-0.05, 0) is 24.3 Å². The van der Waals surface area contributed by atoms with Gasteiger partial charge >= 0.3 is 5.97 Å². The molecule has 29 heavy (non-hydrogen) atoms. The van der Waals surface area contributed by atoms with Gasteiger partial charge in [-0.15, -0.1) is 0 Å². The zero-order valence-electron chi connectivity index (χ0n) is 16.9. The first-order chi connectivity index (χ1) is 14.0. The fourth-order valence-corrected chi connectivity index (χ4v) is 2.50. The number of hydrogen-bond donors (Lipinski definition) is 1. The highest BCUT2D eigenvalue weighted by Crippen LogP contribution is 2.38. The van der Waals surface area contributed by atoms with Crippen molar-refractivity contribution in [2.24, 2.45) is 0 Å². The van der Waals surface area contributed by atoms with Gasteiger partial charge in [-0.2, -0.15) is 0 Å². The summed E-state index contributed by atoms with van der Waals surface area (Å²) in [4.78, 5) is 24.5. The van der Waals surface area contributed by atoms with Crippen molar-refractivity contribution >= 4 is 17.6 Å². The fraction of sp³-hybridized carbons (Fsp3) is 0.300. The molecule has 0 radical (unpaired) electrons. The number of carbonyl (C=O) groups is 2. The number of amides is 1. The second-order valence-corrected chi connectivity index (χ2v) is 5.60. The molecule has 0 saturated heterocycles. The lowest BCUT2D eigenvalue weighted by molar-refractivity contribution is -0.119. The smallest absolute Gasteiger partial charge is 0.338 e. The number of nitrogens with one attached hydrogen (secondary N) is 1. The Morgan fingerprint density at radius 2 is 1.41 bits per heavy atom. The van der Waals surface area contributed by atoms with Gasteiger partial charge in [0, 0.05) is 6.07 Å². The number of benzene rings is 2. The maximum absolute atomic E-state index is 12.3. The molecule has 0 aliphatic rings. The van der Waals surface area contributed by atoms with Crippen molar-refractivity contribution in [3.8, 4) is 28.7 Å². The van der Waals surface area contributed by atoms with Crippen molar-refractivity contribution in [2.75, 3.05) is 47.5 Å². The predicted octanol–water partition coefficient (Wildman–Crippen LogP) is 2.53. The maximum atomic E-state index is 12.3. The Labute approximate surface area is 168 Å². The van der Waals surface area contributed by atoms with Crippen molar-refractivity contribution in [3.05, 3.63) is 35.9 Å². The molecule has 2 aromatic carbocycles. The molecule has 0 unspecified atom stereocenters. The number of carbonyl (C=O) groups excluding carboxylic acids is 2. The molecule has 0 atom stereocenters. The van der Waals surface area contributed by atoms with E-state index in [1.54, 1.807) is 18.2 Å². The van der Waals surface area contributed by atoms with Gasteiger partial charge in [0.05, 0.1) is 46.8 Å². The average Bonchev–Trinajstić information content (AvgIpc) is 2.76. The van der Waals surface area contributed by atoms with Crippen molar-refractivity contribution < 1.29 is 38.0 Å². The Hall–Kier alpha value is -3.62. The van der Waals surface area contributed by atoms with Gasteiger partial charge in [0.15, 0.2) is 18.1 Å². The molecule has 2 aromatic rings. The summed E-state index contributed by atoms with van der Waals surface area (Å²) in [5.74, 6) is 0.672. The van der Waals surface area contributed by atoms with Crippen LogP contribution in [-0.4, -0.2) is 54.0 Å². The summed E-state index contributed by atoms with van der Waals surface area (Å²) < 4.78 is 31.0. The number of hydrogen-bond acceptors (Lipinski definition) is 8. The molecule has 0 saturated carbocycles. The van der Waals surface area contributed by atoms with Gasteiger partial charge in [-0.25, -0.2) is 4.79 Å². The van der Waals surface area contributed by atoms with E-state index in [9.17, 15) is 9.59 Å². The lowest BCUT2D eigenvalue weighted by atomic mass is 10.2. The van der Waals surface area contributed by atoms with E-state index in [0.29, 0.717) is 34.4 Å². The molecule has 9 nitrogen and oxygen atoms in total. The van der Waals surface area contributed by atoms with Crippen LogP contribution in [0.25, 0.3) is 0 Å². The lowest BCUT2D eigenvalue weighted by Crippen LogP contribution is -2.21. The van der Waals surface area contributed by atoms with Gasteiger partial charge < -0.3 is 33.7 Å². The summed E-state index contributed by atoms with van der Waals surface area (Å²) >= 11 is 0. The summed E-state index contributed by atoms with van der Waals surface area (Å²) in [7, 11) is 7.31. The molecule has 0 aliphatic heterocycles. The van der Waals surface area contributed by atoms with E-state index < -0.39 is 18.5 Å². The van der Waals surface area contributed by atoms with E-state index in [0.717, 1.165) is 0 Å². The second-order valence-electron chi connectivity index (χ2n) is 5.60. The van der Waals surface area contributed by atoms with Crippen LogP contribution in [-0.2, 0) is 9.53 Å². The minimum absolute atomic E-state index is 0.148. The summed E-state index contributed by atoms with van der Waals surface area (Å²) in [6, 6.07) is 7.79. The van der Waals surface area contributed by atoms with Crippen LogP contribution in [0.1, 0.15) is 10.4 Å². The number of ether oxygens (including phenoxy) is 6. The Balaban J connectivity index is 2.06. The van der Waals surface area contributed by atoms with E-state index in [4.69, 9.17) is 28.4 Å². The largest absolute Gasteiger partial charge is 0.497 e. The minimum Gasteiger partial charge on any atom is -0.497 e. The molecular weight excluding hydrogens is 382 g/mol. The van der Waals surface area contributed by atoms with Crippen LogP contribution in [0.5, 0.6) is 28.7 Å². The van der Waals surface area contributed by atoms with E-state index >= 15 is 0 Å². The van der Waals surface area contributed by atoms with E-state index in [2.05, 4.69) is 5.32 Å². The van der Waals surface area contributed by atoms with Crippen molar-refractivity contribution in [3.63, 3.8) is 0 Å². The highest BCUT2D eigenvalue weighted by atomic mass is 16.5. The molecule has 0 bridgehead atoms. The minimum atomic E-state index is -0.721. The third-order valence-electron chi connectivity index (χ3n) is 3.92. The van der Waals surface area contributed by atoms with Crippen LogP contribution in [0, 0.1) is 0 Å². The SMILES string of the molecule is COc1ccc(NC(=O)COC(=O)c2cc(OC)c(OC)c(OC)c2)c(OC)c1. The number of rotatable bonds is 9. The normalized spacial score (nSPS) is 9.97. The van der Waals surface area contributed by atoms with E-state index in [-0.39, 0.29) is 5.56 Å². The highest BCUT2D eigenvalue weighted by Gasteiger charge is 2.19. The molecule has 0 heterocycles. The second kappa shape index (κ2) is 10.1.